The summed E-state index contributed by atoms with van der Waals surface area (Å²) in [6.07, 6.45) is 4.14. The Morgan fingerprint density at radius 3 is 2.76 bits per heavy atom. The highest BCUT2D eigenvalue weighted by atomic mass is 16.5. The molecular weight excluding hydrogens is 224 g/mol. The van der Waals surface area contributed by atoms with Crippen molar-refractivity contribution in [2.75, 3.05) is 6.54 Å². The number of carbonyl (C=O) groups excluding carboxylic acids is 1. The van der Waals surface area contributed by atoms with Gasteiger partial charge in [0.1, 0.15) is 6.26 Å². The van der Waals surface area contributed by atoms with Crippen molar-refractivity contribution < 1.29 is 19.2 Å². The quantitative estimate of drug-likeness (QED) is 0.799. The molecule has 1 saturated carbocycles. The summed E-state index contributed by atoms with van der Waals surface area (Å²) in [5.41, 5.74) is -0.0552. The van der Waals surface area contributed by atoms with Crippen LogP contribution in [-0.2, 0) is 4.79 Å². The minimum Gasteiger partial charge on any atom is -0.481 e. The zero-order chi connectivity index (χ0) is 12.3. The first-order valence-electron chi connectivity index (χ1n) is 5.52. The highest BCUT2D eigenvalue weighted by Gasteiger charge is 2.39. The first-order valence-corrected chi connectivity index (χ1v) is 5.52. The van der Waals surface area contributed by atoms with Crippen molar-refractivity contribution in [2.24, 2.45) is 5.41 Å². The fourth-order valence-electron chi connectivity index (χ4n) is 2.10. The summed E-state index contributed by atoms with van der Waals surface area (Å²) in [5, 5.41) is 15.0. The number of nitrogens with one attached hydrogen (secondary N) is 1. The van der Waals surface area contributed by atoms with Crippen LogP contribution < -0.4 is 5.32 Å². The van der Waals surface area contributed by atoms with E-state index in [1.165, 1.54) is 12.3 Å². The molecule has 92 valence electrons. The summed E-state index contributed by atoms with van der Waals surface area (Å²) in [5.74, 6) is -1.14. The maximum absolute atomic E-state index is 11.6. The molecule has 0 bridgehead atoms. The molecule has 0 aromatic carbocycles. The van der Waals surface area contributed by atoms with E-state index in [9.17, 15) is 9.59 Å². The molecule has 2 N–H and O–H groups in total. The van der Waals surface area contributed by atoms with Gasteiger partial charge in [-0.1, -0.05) is 11.6 Å². The van der Waals surface area contributed by atoms with E-state index < -0.39 is 5.97 Å². The molecule has 1 aromatic heterocycles. The van der Waals surface area contributed by atoms with Gasteiger partial charge in [-0.05, 0) is 18.3 Å². The Morgan fingerprint density at radius 2 is 2.29 bits per heavy atom. The van der Waals surface area contributed by atoms with Gasteiger partial charge in [0, 0.05) is 12.6 Å². The van der Waals surface area contributed by atoms with Crippen LogP contribution in [0, 0.1) is 5.41 Å². The number of rotatable bonds is 5. The second-order valence-electron chi connectivity index (χ2n) is 4.49. The summed E-state index contributed by atoms with van der Waals surface area (Å²) in [6.45, 7) is 0.380. The Labute approximate surface area is 98.0 Å². The normalized spacial score (nSPS) is 17.2. The Morgan fingerprint density at radius 1 is 1.53 bits per heavy atom. The topological polar surface area (TPSA) is 92.4 Å². The third-order valence-corrected chi connectivity index (χ3v) is 3.23. The van der Waals surface area contributed by atoms with E-state index in [2.05, 4.69) is 15.0 Å². The van der Waals surface area contributed by atoms with Crippen LogP contribution in [0.1, 0.15) is 36.2 Å². The molecule has 0 aliphatic heterocycles. The van der Waals surface area contributed by atoms with Gasteiger partial charge in [-0.2, -0.15) is 0 Å². The number of hydrogen-bond donors (Lipinski definition) is 2. The van der Waals surface area contributed by atoms with Crippen molar-refractivity contribution in [2.45, 2.75) is 25.7 Å². The molecule has 1 aliphatic rings. The minimum absolute atomic E-state index is 0.103. The van der Waals surface area contributed by atoms with Gasteiger partial charge >= 0.3 is 5.97 Å². The number of aliphatic carboxylic acids is 1. The summed E-state index contributed by atoms with van der Waals surface area (Å²) in [7, 11) is 0. The standard InChI is InChI=1S/C11H14N2O4/c14-9(15)6-11(3-1-4-11)7-12-10(16)8-2-5-17-13-8/h2,5H,1,3-4,6-7H2,(H,12,16)(H,14,15). The van der Waals surface area contributed by atoms with Crippen LogP contribution in [0.5, 0.6) is 0 Å². The van der Waals surface area contributed by atoms with Crippen LogP contribution >= 0.6 is 0 Å². The lowest BCUT2D eigenvalue weighted by Gasteiger charge is -2.40. The van der Waals surface area contributed by atoms with Gasteiger partial charge in [0.2, 0.25) is 0 Å². The number of nitrogens with zero attached hydrogens (tertiary/aromatic N) is 1. The van der Waals surface area contributed by atoms with Gasteiger partial charge in [-0.25, -0.2) is 0 Å². The van der Waals surface area contributed by atoms with E-state index in [0.717, 1.165) is 19.3 Å². The van der Waals surface area contributed by atoms with Crippen LogP contribution in [0.2, 0.25) is 0 Å². The van der Waals surface area contributed by atoms with E-state index in [1.807, 2.05) is 0 Å². The zero-order valence-electron chi connectivity index (χ0n) is 9.31. The van der Waals surface area contributed by atoms with Gasteiger partial charge in [-0.3, -0.25) is 9.59 Å². The van der Waals surface area contributed by atoms with Gasteiger partial charge in [0.05, 0.1) is 6.42 Å². The van der Waals surface area contributed by atoms with Crippen LogP contribution in [-0.4, -0.2) is 28.7 Å². The van der Waals surface area contributed by atoms with Crippen molar-refractivity contribution in [3.63, 3.8) is 0 Å². The first-order chi connectivity index (χ1) is 8.11. The van der Waals surface area contributed by atoms with E-state index in [1.54, 1.807) is 0 Å². The molecule has 17 heavy (non-hydrogen) atoms. The van der Waals surface area contributed by atoms with Crippen molar-refractivity contribution in [3.8, 4) is 0 Å². The molecule has 0 unspecified atom stereocenters. The third-order valence-electron chi connectivity index (χ3n) is 3.23. The number of aromatic nitrogens is 1. The van der Waals surface area contributed by atoms with E-state index in [0.29, 0.717) is 6.54 Å². The Kier molecular flexibility index (Phi) is 3.12. The first kappa shape index (κ1) is 11.6. The molecule has 0 saturated heterocycles. The zero-order valence-corrected chi connectivity index (χ0v) is 9.31. The van der Waals surface area contributed by atoms with Crippen molar-refractivity contribution in [1.82, 2.24) is 10.5 Å². The van der Waals surface area contributed by atoms with E-state index in [4.69, 9.17) is 5.11 Å². The molecule has 0 spiro atoms. The van der Waals surface area contributed by atoms with Crippen LogP contribution in [0.3, 0.4) is 0 Å². The lowest BCUT2D eigenvalue weighted by atomic mass is 9.66. The average Bonchev–Trinajstić information content (AvgIpc) is 2.74. The van der Waals surface area contributed by atoms with Gasteiger partial charge in [-0.15, -0.1) is 0 Å². The van der Waals surface area contributed by atoms with Crippen LogP contribution in [0.25, 0.3) is 0 Å². The van der Waals surface area contributed by atoms with Crippen LogP contribution in [0.4, 0.5) is 0 Å². The second kappa shape index (κ2) is 4.57. The monoisotopic (exact) mass is 238 g/mol. The SMILES string of the molecule is O=C(O)CC1(CNC(=O)c2ccon2)CCC1. The van der Waals surface area contributed by atoms with Crippen LogP contribution in [0.15, 0.2) is 16.9 Å². The fraction of sp³-hybridized carbons (Fsp3) is 0.545. The molecule has 0 atom stereocenters. The Balaban J connectivity index is 1.88. The molecule has 1 aliphatic carbocycles. The predicted molar refractivity (Wildman–Crippen MR) is 57.4 cm³/mol. The van der Waals surface area contributed by atoms with Gasteiger partial charge in [0.15, 0.2) is 5.69 Å². The number of carboxylic acids is 1. The number of amides is 1. The highest BCUT2D eigenvalue weighted by Crippen LogP contribution is 2.43. The maximum atomic E-state index is 11.6. The molecular formula is C11H14N2O4. The largest absolute Gasteiger partial charge is 0.481 e. The molecule has 6 nitrogen and oxygen atoms in total. The Bertz CT molecular complexity index is 409. The highest BCUT2D eigenvalue weighted by molar-refractivity contribution is 5.92. The van der Waals surface area contributed by atoms with Crippen molar-refractivity contribution in [3.05, 3.63) is 18.0 Å². The molecule has 1 aromatic rings. The number of hydrogen-bond acceptors (Lipinski definition) is 4. The number of carboxylic acid groups (broad SMARTS) is 1. The predicted octanol–water partition coefficient (Wildman–Crippen LogP) is 1.05. The Hall–Kier alpha value is -1.85. The molecule has 2 rings (SSSR count). The third kappa shape index (κ3) is 2.64. The second-order valence-corrected chi connectivity index (χ2v) is 4.49. The summed E-state index contributed by atoms with van der Waals surface area (Å²) < 4.78 is 4.57. The molecule has 1 fully saturated rings. The lowest BCUT2D eigenvalue weighted by Crippen LogP contribution is -2.43. The number of carbonyl (C=O) groups is 2. The van der Waals surface area contributed by atoms with E-state index >= 15 is 0 Å². The van der Waals surface area contributed by atoms with Gasteiger partial charge in [0.25, 0.3) is 5.91 Å². The fourth-order valence-corrected chi connectivity index (χ4v) is 2.10. The lowest BCUT2D eigenvalue weighted by molar-refractivity contribution is -0.141. The maximum Gasteiger partial charge on any atom is 0.303 e. The smallest absolute Gasteiger partial charge is 0.303 e. The molecule has 0 radical (unpaired) electrons. The molecule has 6 heteroatoms. The summed E-state index contributed by atoms with van der Waals surface area (Å²) >= 11 is 0. The minimum atomic E-state index is -0.819. The van der Waals surface area contributed by atoms with Crippen molar-refractivity contribution in [1.29, 1.82) is 0 Å². The average molecular weight is 238 g/mol. The van der Waals surface area contributed by atoms with Gasteiger partial charge < -0.3 is 14.9 Å². The van der Waals surface area contributed by atoms with Crippen molar-refractivity contribution >= 4 is 11.9 Å². The summed E-state index contributed by atoms with van der Waals surface area (Å²) in [6, 6.07) is 1.47. The van der Waals surface area contributed by atoms with E-state index in [-0.39, 0.29) is 23.4 Å². The molecule has 1 heterocycles. The molecule has 1 amide bonds. The summed E-state index contributed by atoms with van der Waals surface area (Å²) in [4.78, 5) is 22.3.